The van der Waals surface area contributed by atoms with Crippen LogP contribution >= 0.6 is 11.8 Å². The smallest absolute Gasteiger partial charge is 0.109 e. The molecule has 0 saturated carbocycles. The SMILES string of the molecule is CNCCSCC1=CCC=CO1.[HH]. The summed E-state index contributed by atoms with van der Waals surface area (Å²) in [7, 11) is 1.97. The van der Waals surface area contributed by atoms with E-state index < -0.39 is 0 Å². The summed E-state index contributed by atoms with van der Waals surface area (Å²) in [6.07, 6.45) is 6.93. The molecule has 1 heterocycles. The van der Waals surface area contributed by atoms with Gasteiger partial charge in [-0.05, 0) is 25.6 Å². The Morgan fingerprint density at radius 1 is 1.75 bits per heavy atom. The summed E-state index contributed by atoms with van der Waals surface area (Å²) >= 11 is 1.89. The van der Waals surface area contributed by atoms with Crippen molar-refractivity contribution >= 4 is 11.8 Å². The minimum atomic E-state index is 0. The fourth-order valence-electron chi connectivity index (χ4n) is 0.879. The second-order valence-electron chi connectivity index (χ2n) is 2.55. The molecule has 3 heteroatoms. The average Bonchev–Trinajstić information content (AvgIpc) is 2.14. The van der Waals surface area contributed by atoms with Crippen molar-refractivity contribution in [1.29, 1.82) is 0 Å². The lowest BCUT2D eigenvalue weighted by Crippen LogP contribution is -2.10. The van der Waals surface area contributed by atoms with Crippen LogP contribution in [0.1, 0.15) is 7.85 Å². The molecule has 0 radical (unpaired) electrons. The molecule has 1 aliphatic heterocycles. The van der Waals surface area contributed by atoms with Crippen LogP contribution in [0, 0.1) is 0 Å². The third kappa shape index (κ3) is 3.83. The van der Waals surface area contributed by atoms with Gasteiger partial charge in [0, 0.05) is 13.7 Å². The van der Waals surface area contributed by atoms with Crippen molar-refractivity contribution in [1.82, 2.24) is 5.32 Å². The van der Waals surface area contributed by atoms with Gasteiger partial charge in [-0.25, -0.2) is 0 Å². The van der Waals surface area contributed by atoms with Crippen molar-refractivity contribution in [3.63, 3.8) is 0 Å². The third-order valence-electron chi connectivity index (χ3n) is 1.54. The molecule has 1 N–H and O–H groups in total. The first-order chi connectivity index (χ1) is 5.93. The van der Waals surface area contributed by atoms with Crippen LogP contribution in [0.2, 0.25) is 0 Å². The van der Waals surface area contributed by atoms with E-state index >= 15 is 0 Å². The van der Waals surface area contributed by atoms with E-state index in [0.29, 0.717) is 0 Å². The number of nitrogens with one attached hydrogen (secondary N) is 1. The predicted molar refractivity (Wildman–Crippen MR) is 56.3 cm³/mol. The van der Waals surface area contributed by atoms with Crippen LogP contribution in [0.5, 0.6) is 0 Å². The Morgan fingerprint density at radius 3 is 3.33 bits per heavy atom. The fourth-order valence-corrected chi connectivity index (χ4v) is 1.76. The molecule has 0 unspecified atom stereocenters. The highest BCUT2D eigenvalue weighted by Gasteiger charge is 1.99. The molecule has 0 aromatic rings. The number of hydrogen-bond acceptors (Lipinski definition) is 3. The summed E-state index contributed by atoms with van der Waals surface area (Å²) in [6, 6.07) is 0. The van der Waals surface area contributed by atoms with Crippen LogP contribution in [0.15, 0.2) is 24.2 Å². The van der Waals surface area contributed by atoms with Crippen molar-refractivity contribution in [3.8, 4) is 0 Å². The predicted octanol–water partition coefficient (Wildman–Crippen LogP) is 2.00. The van der Waals surface area contributed by atoms with Gasteiger partial charge in [0.1, 0.15) is 5.76 Å². The molecule has 0 atom stereocenters. The van der Waals surface area contributed by atoms with Crippen LogP contribution in [0.4, 0.5) is 0 Å². The lowest BCUT2D eigenvalue weighted by atomic mass is 10.3. The first-order valence-corrected chi connectivity index (χ1v) is 5.32. The Kier molecular flexibility index (Phi) is 4.95. The molecule has 1 rings (SSSR count). The van der Waals surface area contributed by atoms with E-state index in [-0.39, 0.29) is 1.43 Å². The molecule has 0 spiro atoms. The van der Waals surface area contributed by atoms with Crippen molar-refractivity contribution in [2.75, 3.05) is 25.1 Å². The third-order valence-corrected chi connectivity index (χ3v) is 2.52. The largest absolute Gasteiger partial charge is 0.469 e. The highest BCUT2D eigenvalue weighted by atomic mass is 32.2. The second kappa shape index (κ2) is 6.14. The lowest BCUT2D eigenvalue weighted by Gasteiger charge is -2.08. The van der Waals surface area contributed by atoms with Gasteiger partial charge in [-0.1, -0.05) is 0 Å². The summed E-state index contributed by atoms with van der Waals surface area (Å²) in [6.45, 7) is 1.06. The zero-order valence-corrected chi connectivity index (χ0v) is 8.19. The number of allylic oxidation sites excluding steroid dienone is 2. The van der Waals surface area contributed by atoms with Gasteiger partial charge in [0.15, 0.2) is 0 Å². The van der Waals surface area contributed by atoms with Crippen LogP contribution in [-0.4, -0.2) is 25.1 Å². The molecule has 0 aromatic carbocycles. The maximum atomic E-state index is 5.30. The Morgan fingerprint density at radius 2 is 2.67 bits per heavy atom. The van der Waals surface area contributed by atoms with E-state index in [1.165, 1.54) is 0 Å². The number of ether oxygens (including phenoxy) is 1. The van der Waals surface area contributed by atoms with E-state index in [0.717, 1.165) is 30.2 Å². The average molecular weight is 187 g/mol. The van der Waals surface area contributed by atoms with E-state index in [1.54, 1.807) is 6.26 Å². The van der Waals surface area contributed by atoms with Gasteiger partial charge in [0.05, 0.1) is 12.0 Å². The van der Waals surface area contributed by atoms with Crippen LogP contribution in [0.25, 0.3) is 0 Å². The quantitative estimate of drug-likeness (QED) is 0.665. The van der Waals surface area contributed by atoms with Gasteiger partial charge < -0.3 is 10.1 Å². The summed E-state index contributed by atoms with van der Waals surface area (Å²) in [5, 5.41) is 3.11. The van der Waals surface area contributed by atoms with Crippen LogP contribution in [0.3, 0.4) is 0 Å². The van der Waals surface area contributed by atoms with Crippen molar-refractivity contribution < 1.29 is 6.16 Å². The first-order valence-electron chi connectivity index (χ1n) is 4.16. The number of hydrogen-bond donors (Lipinski definition) is 1. The Hall–Kier alpha value is -0.410. The molecule has 0 aliphatic carbocycles. The van der Waals surface area contributed by atoms with Gasteiger partial charge in [-0.2, -0.15) is 11.8 Å². The maximum Gasteiger partial charge on any atom is 0.109 e. The number of thioether (sulfide) groups is 1. The van der Waals surface area contributed by atoms with Gasteiger partial charge in [0.2, 0.25) is 0 Å². The summed E-state index contributed by atoms with van der Waals surface area (Å²) in [5.41, 5.74) is 0. The van der Waals surface area contributed by atoms with E-state index in [2.05, 4.69) is 11.4 Å². The van der Waals surface area contributed by atoms with Crippen molar-refractivity contribution in [3.05, 3.63) is 24.2 Å². The highest BCUT2D eigenvalue weighted by Crippen LogP contribution is 2.13. The molecule has 0 saturated heterocycles. The second-order valence-corrected chi connectivity index (χ2v) is 3.66. The molecule has 0 fully saturated rings. The van der Waals surface area contributed by atoms with Crippen LogP contribution < -0.4 is 5.32 Å². The molecule has 12 heavy (non-hydrogen) atoms. The molecule has 0 bridgehead atoms. The molecule has 2 nitrogen and oxygen atoms in total. The van der Waals surface area contributed by atoms with Gasteiger partial charge >= 0.3 is 0 Å². The number of rotatable bonds is 5. The van der Waals surface area contributed by atoms with E-state index in [9.17, 15) is 0 Å². The maximum absolute atomic E-state index is 5.30. The molecule has 70 valence electrons. The van der Waals surface area contributed by atoms with E-state index in [1.807, 2.05) is 24.9 Å². The minimum absolute atomic E-state index is 0. The van der Waals surface area contributed by atoms with Crippen molar-refractivity contribution in [2.24, 2.45) is 0 Å². The monoisotopic (exact) mass is 187 g/mol. The van der Waals surface area contributed by atoms with Crippen molar-refractivity contribution in [2.45, 2.75) is 6.42 Å². The normalized spacial score (nSPS) is 15.6. The first kappa shape index (κ1) is 9.68. The van der Waals surface area contributed by atoms with E-state index in [4.69, 9.17) is 4.74 Å². The summed E-state index contributed by atoms with van der Waals surface area (Å²) < 4.78 is 5.30. The topological polar surface area (TPSA) is 21.3 Å². The minimum Gasteiger partial charge on any atom is -0.469 e. The summed E-state index contributed by atoms with van der Waals surface area (Å²) in [4.78, 5) is 0. The highest BCUT2D eigenvalue weighted by molar-refractivity contribution is 7.99. The van der Waals surface area contributed by atoms with Gasteiger partial charge in [-0.3, -0.25) is 0 Å². The molecular weight excluding hydrogens is 170 g/mol. The zero-order chi connectivity index (χ0) is 8.65. The molecule has 0 amide bonds. The fraction of sp³-hybridized carbons (Fsp3) is 0.556. The molecule has 0 aromatic heterocycles. The standard InChI is InChI=1S/C9H15NOS.H2/c1-10-5-7-12-8-9-4-2-3-6-11-9;/h3-4,6,10H,2,5,7-8H2,1H3;1H. The summed E-state index contributed by atoms with van der Waals surface area (Å²) in [5.74, 6) is 3.23. The Bertz CT molecular complexity index is 182. The van der Waals surface area contributed by atoms with Gasteiger partial charge in [-0.15, -0.1) is 0 Å². The lowest BCUT2D eigenvalue weighted by molar-refractivity contribution is 0.346. The Balaban J connectivity index is 0.00000144. The van der Waals surface area contributed by atoms with Gasteiger partial charge in [0.25, 0.3) is 0 Å². The molecule has 1 aliphatic rings. The molecular formula is C9H17NOS. The zero-order valence-electron chi connectivity index (χ0n) is 7.38. The van der Waals surface area contributed by atoms with Crippen LogP contribution in [-0.2, 0) is 4.74 Å². The Labute approximate surface area is 79.5 Å².